The number of methoxy groups -OCH3 is 3. The Labute approximate surface area is 178 Å². The second-order valence-corrected chi connectivity index (χ2v) is 8.05. The third-order valence-corrected chi connectivity index (χ3v) is 6.42. The summed E-state index contributed by atoms with van der Waals surface area (Å²) in [4.78, 5) is 14.6. The Morgan fingerprint density at radius 2 is 1.67 bits per heavy atom. The van der Waals surface area contributed by atoms with Crippen LogP contribution in [-0.4, -0.2) is 51.8 Å². The predicted molar refractivity (Wildman–Crippen MR) is 116 cm³/mol. The molecule has 6 nitrogen and oxygen atoms in total. The van der Waals surface area contributed by atoms with Gasteiger partial charge in [0, 0.05) is 24.6 Å². The molecule has 160 valence electrons. The lowest BCUT2D eigenvalue weighted by Crippen LogP contribution is -2.42. The molecule has 0 bridgehead atoms. The summed E-state index contributed by atoms with van der Waals surface area (Å²) in [7, 11) is 4.91. The molecule has 30 heavy (non-hydrogen) atoms. The highest BCUT2D eigenvalue weighted by atomic mass is 16.5. The fourth-order valence-corrected chi connectivity index (χ4v) is 4.85. The molecule has 1 atom stereocenters. The highest BCUT2D eigenvalue weighted by Crippen LogP contribution is 2.39. The molecule has 2 aromatic rings. The molecule has 2 aromatic carbocycles. The maximum atomic E-state index is 12.2. The lowest BCUT2D eigenvalue weighted by molar-refractivity contribution is 0.0922. The zero-order chi connectivity index (χ0) is 21.1. The number of amides is 1. The SMILES string of the molecule is COc1cc(CN2CCC([C@@H]3CNC(=O)c4ccccc43)CC2)cc(OC)c1OC. The Morgan fingerprint density at radius 1 is 1.00 bits per heavy atom. The van der Waals surface area contributed by atoms with Crippen molar-refractivity contribution < 1.29 is 19.0 Å². The molecular formula is C24H30N2O4. The lowest BCUT2D eigenvalue weighted by Gasteiger charge is -2.38. The molecule has 2 aliphatic heterocycles. The quantitative estimate of drug-likeness (QED) is 0.790. The maximum Gasteiger partial charge on any atom is 0.251 e. The van der Waals surface area contributed by atoms with Crippen molar-refractivity contribution in [2.45, 2.75) is 25.3 Å². The van der Waals surface area contributed by atoms with Crippen molar-refractivity contribution in [3.63, 3.8) is 0 Å². The number of rotatable bonds is 6. The van der Waals surface area contributed by atoms with Crippen LogP contribution in [0.2, 0.25) is 0 Å². The van der Waals surface area contributed by atoms with Crippen LogP contribution in [0.15, 0.2) is 36.4 Å². The van der Waals surface area contributed by atoms with Crippen LogP contribution < -0.4 is 19.5 Å². The van der Waals surface area contributed by atoms with Crippen LogP contribution in [0.25, 0.3) is 0 Å². The van der Waals surface area contributed by atoms with Crippen molar-refractivity contribution in [3.05, 3.63) is 53.1 Å². The minimum Gasteiger partial charge on any atom is -0.493 e. The average molecular weight is 411 g/mol. The minimum atomic E-state index is 0.0571. The first-order chi connectivity index (χ1) is 14.6. The van der Waals surface area contributed by atoms with Crippen LogP contribution >= 0.6 is 0 Å². The molecule has 0 saturated carbocycles. The normalized spacial score (nSPS) is 19.7. The van der Waals surface area contributed by atoms with Crippen LogP contribution in [0.3, 0.4) is 0 Å². The van der Waals surface area contributed by atoms with E-state index in [0.29, 0.717) is 29.1 Å². The highest BCUT2D eigenvalue weighted by molar-refractivity contribution is 5.97. The molecule has 4 rings (SSSR count). The van der Waals surface area contributed by atoms with Crippen molar-refractivity contribution in [1.29, 1.82) is 0 Å². The molecule has 0 aromatic heterocycles. The van der Waals surface area contributed by atoms with Gasteiger partial charge in [-0.3, -0.25) is 9.69 Å². The van der Waals surface area contributed by atoms with E-state index >= 15 is 0 Å². The molecule has 6 heteroatoms. The Kier molecular flexibility index (Phi) is 6.13. The van der Waals surface area contributed by atoms with Crippen molar-refractivity contribution in [2.75, 3.05) is 41.0 Å². The fraction of sp³-hybridized carbons (Fsp3) is 0.458. The van der Waals surface area contributed by atoms with Gasteiger partial charge in [0.25, 0.3) is 5.91 Å². The van der Waals surface area contributed by atoms with Gasteiger partial charge in [-0.25, -0.2) is 0 Å². The minimum absolute atomic E-state index is 0.0571. The Morgan fingerprint density at radius 3 is 2.30 bits per heavy atom. The van der Waals surface area contributed by atoms with E-state index < -0.39 is 0 Å². The highest BCUT2D eigenvalue weighted by Gasteiger charge is 2.33. The number of benzene rings is 2. The number of carbonyl (C=O) groups excluding carboxylic acids is 1. The van der Waals surface area contributed by atoms with E-state index in [9.17, 15) is 4.79 Å². The van der Waals surface area contributed by atoms with Gasteiger partial charge in [0.05, 0.1) is 21.3 Å². The molecule has 2 aliphatic rings. The van der Waals surface area contributed by atoms with E-state index in [2.05, 4.69) is 16.3 Å². The Balaban J connectivity index is 1.42. The number of likely N-dealkylation sites (tertiary alicyclic amines) is 1. The van der Waals surface area contributed by atoms with Crippen molar-refractivity contribution >= 4 is 5.91 Å². The van der Waals surface area contributed by atoms with Gasteiger partial charge in [-0.15, -0.1) is 0 Å². The molecular weight excluding hydrogens is 380 g/mol. The van der Waals surface area contributed by atoms with E-state index in [4.69, 9.17) is 14.2 Å². The summed E-state index contributed by atoms with van der Waals surface area (Å²) < 4.78 is 16.4. The molecule has 1 fully saturated rings. The van der Waals surface area contributed by atoms with E-state index in [0.717, 1.165) is 50.1 Å². The predicted octanol–water partition coefficient (Wildman–Crippen LogP) is 3.45. The summed E-state index contributed by atoms with van der Waals surface area (Å²) in [6.45, 7) is 3.66. The van der Waals surface area contributed by atoms with Gasteiger partial charge >= 0.3 is 0 Å². The van der Waals surface area contributed by atoms with Crippen molar-refractivity contribution in [2.24, 2.45) is 5.92 Å². The molecule has 0 unspecified atom stereocenters. The van der Waals surface area contributed by atoms with E-state index in [1.54, 1.807) is 21.3 Å². The van der Waals surface area contributed by atoms with Gasteiger partial charge in [0.15, 0.2) is 11.5 Å². The molecule has 1 N–H and O–H groups in total. The monoisotopic (exact) mass is 410 g/mol. The molecule has 1 saturated heterocycles. The summed E-state index contributed by atoms with van der Waals surface area (Å²) in [6.07, 6.45) is 2.25. The molecule has 1 amide bonds. The molecule has 0 spiro atoms. The molecule has 0 aliphatic carbocycles. The van der Waals surface area contributed by atoms with Crippen molar-refractivity contribution in [3.8, 4) is 17.2 Å². The first-order valence-electron chi connectivity index (χ1n) is 10.5. The van der Waals surface area contributed by atoms with E-state index in [-0.39, 0.29) is 5.91 Å². The first-order valence-corrected chi connectivity index (χ1v) is 10.5. The summed E-state index contributed by atoms with van der Waals surface area (Å²) in [6, 6.07) is 12.1. The van der Waals surface area contributed by atoms with E-state index in [1.807, 2.05) is 30.3 Å². The second kappa shape index (κ2) is 8.96. The zero-order valence-corrected chi connectivity index (χ0v) is 17.9. The van der Waals surface area contributed by atoms with Gasteiger partial charge in [0.2, 0.25) is 5.75 Å². The van der Waals surface area contributed by atoms with Gasteiger partial charge in [-0.2, -0.15) is 0 Å². The number of hydrogen-bond acceptors (Lipinski definition) is 5. The second-order valence-electron chi connectivity index (χ2n) is 8.05. The van der Waals surface area contributed by atoms with Crippen LogP contribution in [-0.2, 0) is 6.54 Å². The Hall–Kier alpha value is -2.73. The van der Waals surface area contributed by atoms with Gasteiger partial charge in [-0.05, 0) is 61.2 Å². The van der Waals surface area contributed by atoms with Gasteiger partial charge in [-0.1, -0.05) is 18.2 Å². The average Bonchev–Trinajstić information content (AvgIpc) is 2.79. The van der Waals surface area contributed by atoms with Gasteiger partial charge in [0.1, 0.15) is 0 Å². The number of nitrogens with zero attached hydrogens (tertiary/aromatic N) is 1. The number of piperidine rings is 1. The topological polar surface area (TPSA) is 60.0 Å². The number of fused-ring (bicyclic) bond motifs is 1. The smallest absolute Gasteiger partial charge is 0.251 e. The summed E-state index contributed by atoms with van der Waals surface area (Å²) in [5, 5.41) is 3.08. The Bertz CT molecular complexity index is 881. The third kappa shape index (κ3) is 3.97. The largest absolute Gasteiger partial charge is 0.493 e. The molecule has 0 radical (unpaired) electrons. The van der Waals surface area contributed by atoms with Crippen molar-refractivity contribution in [1.82, 2.24) is 10.2 Å². The summed E-state index contributed by atoms with van der Waals surface area (Å²) in [5.41, 5.74) is 3.20. The number of ether oxygens (including phenoxy) is 3. The zero-order valence-electron chi connectivity index (χ0n) is 17.9. The summed E-state index contributed by atoms with van der Waals surface area (Å²) >= 11 is 0. The molecule has 2 heterocycles. The first kappa shape index (κ1) is 20.5. The number of carbonyl (C=O) groups is 1. The van der Waals surface area contributed by atoms with Crippen LogP contribution in [0.5, 0.6) is 17.2 Å². The number of nitrogens with one attached hydrogen (secondary N) is 1. The lowest BCUT2D eigenvalue weighted by atomic mass is 9.76. The third-order valence-electron chi connectivity index (χ3n) is 6.42. The number of hydrogen-bond donors (Lipinski definition) is 1. The summed E-state index contributed by atoms with van der Waals surface area (Å²) in [5.74, 6) is 3.06. The fourth-order valence-electron chi connectivity index (χ4n) is 4.85. The van der Waals surface area contributed by atoms with Crippen LogP contribution in [0, 0.1) is 5.92 Å². The van der Waals surface area contributed by atoms with Crippen LogP contribution in [0.4, 0.5) is 0 Å². The standard InChI is InChI=1S/C24H30N2O4/c1-28-21-12-16(13-22(29-2)23(21)30-3)15-26-10-8-17(9-11-26)20-14-25-24(27)19-7-5-4-6-18(19)20/h4-7,12-13,17,20H,8-11,14-15H2,1-3H3,(H,25,27)/t20-/m0/s1. The maximum absolute atomic E-state index is 12.2. The van der Waals surface area contributed by atoms with E-state index in [1.165, 1.54) is 5.56 Å². The van der Waals surface area contributed by atoms with Crippen LogP contribution in [0.1, 0.15) is 40.2 Å². The van der Waals surface area contributed by atoms with Gasteiger partial charge < -0.3 is 19.5 Å².